The number of hydrogen-bond donors (Lipinski definition) is 1. The zero-order valence-electron chi connectivity index (χ0n) is 10.8. The van der Waals surface area contributed by atoms with Gasteiger partial charge in [0.2, 0.25) is 5.91 Å². The van der Waals surface area contributed by atoms with Crippen molar-refractivity contribution < 1.29 is 14.7 Å². The van der Waals surface area contributed by atoms with Crippen LogP contribution in [0.2, 0.25) is 0 Å². The highest BCUT2D eigenvalue weighted by Crippen LogP contribution is 2.59. The highest BCUT2D eigenvalue weighted by molar-refractivity contribution is 5.92. The van der Waals surface area contributed by atoms with Crippen molar-refractivity contribution in [1.82, 2.24) is 4.90 Å². The van der Waals surface area contributed by atoms with Crippen LogP contribution < -0.4 is 0 Å². The average molecular weight is 239 g/mol. The maximum atomic E-state index is 12.4. The van der Waals surface area contributed by atoms with Crippen molar-refractivity contribution in [3.63, 3.8) is 0 Å². The maximum Gasteiger partial charge on any atom is 0.307 e. The van der Waals surface area contributed by atoms with E-state index in [0.717, 1.165) is 25.8 Å². The van der Waals surface area contributed by atoms with Gasteiger partial charge in [0.25, 0.3) is 0 Å². The van der Waals surface area contributed by atoms with Gasteiger partial charge in [0.15, 0.2) is 0 Å². The van der Waals surface area contributed by atoms with Gasteiger partial charge in [-0.05, 0) is 24.7 Å². The fourth-order valence-corrected chi connectivity index (χ4v) is 2.84. The summed E-state index contributed by atoms with van der Waals surface area (Å²) >= 11 is 0. The van der Waals surface area contributed by atoms with Crippen LogP contribution >= 0.6 is 0 Å². The van der Waals surface area contributed by atoms with Gasteiger partial charge in [0.05, 0.1) is 11.8 Å². The highest BCUT2D eigenvalue weighted by atomic mass is 16.4. The van der Waals surface area contributed by atoms with Gasteiger partial charge in [-0.3, -0.25) is 9.59 Å². The summed E-state index contributed by atoms with van der Waals surface area (Å²) in [5.74, 6) is -1.58. The maximum absolute atomic E-state index is 12.4. The first kappa shape index (κ1) is 12.4. The number of rotatable bonds is 5. The lowest BCUT2D eigenvalue weighted by Gasteiger charge is -2.22. The lowest BCUT2D eigenvalue weighted by atomic mass is 10.1. The molecule has 2 saturated carbocycles. The molecule has 4 nitrogen and oxygen atoms in total. The average Bonchev–Trinajstić information content (AvgIpc) is 3.09. The second-order valence-corrected chi connectivity index (χ2v) is 5.88. The molecule has 0 aromatic heterocycles. The summed E-state index contributed by atoms with van der Waals surface area (Å²) in [5.41, 5.74) is -0.371. The Hall–Kier alpha value is -1.06. The summed E-state index contributed by atoms with van der Waals surface area (Å²) in [6.45, 7) is 6.58. The van der Waals surface area contributed by atoms with Crippen LogP contribution in [0.3, 0.4) is 0 Å². The van der Waals surface area contributed by atoms with Crippen molar-refractivity contribution >= 4 is 11.9 Å². The number of aliphatic carboxylic acids is 1. The van der Waals surface area contributed by atoms with Gasteiger partial charge < -0.3 is 10.0 Å². The molecule has 0 aromatic rings. The van der Waals surface area contributed by atoms with E-state index in [9.17, 15) is 9.59 Å². The number of amides is 1. The second-order valence-electron chi connectivity index (χ2n) is 5.88. The van der Waals surface area contributed by atoms with Gasteiger partial charge in [-0.1, -0.05) is 20.8 Å². The quantitative estimate of drug-likeness (QED) is 0.795. The van der Waals surface area contributed by atoms with Gasteiger partial charge in [0.1, 0.15) is 0 Å². The van der Waals surface area contributed by atoms with Crippen molar-refractivity contribution in [3.8, 4) is 0 Å². The molecule has 0 saturated heterocycles. The van der Waals surface area contributed by atoms with Gasteiger partial charge in [-0.15, -0.1) is 0 Å². The van der Waals surface area contributed by atoms with Crippen molar-refractivity contribution in [3.05, 3.63) is 0 Å². The molecule has 0 heterocycles. The molecule has 0 radical (unpaired) electrons. The lowest BCUT2D eigenvalue weighted by molar-refractivity contribution is -0.142. The fraction of sp³-hybridized carbons (Fsp3) is 0.846. The molecule has 2 rings (SSSR count). The highest BCUT2D eigenvalue weighted by Gasteiger charge is 2.67. The molecule has 0 bridgehead atoms. The van der Waals surface area contributed by atoms with Crippen LogP contribution in [0.1, 0.15) is 40.0 Å². The SMILES string of the molecule is CCCN(C(=O)[C@H]1[C@@H](C(=O)O)C1(C)C)C1CC1. The third-order valence-electron chi connectivity index (χ3n) is 4.09. The first-order chi connectivity index (χ1) is 7.91. The Bertz CT molecular complexity index is 347. The van der Waals surface area contributed by atoms with E-state index < -0.39 is 11.9 Å². The van der Waals surface area contributed by atoms with Gasteiger partial charge in [-0.25, -0.2) is 0 Å². The Morgan fingerprint density at radius 3 is 2.24 bits per heavy atom. The molecule has 17 heavy (non-hydrogen) atoms. The van der Waals surface area contributed by atoms with Crippen LogP contribution in [0.4, 0.5) is 0 Å². The summed E-state index contributed by atoms with van der Waals surface area (Å²) < 4.78 is 0. The van der Waals surface area contributed by atoms with E-state index in [1.165, 1.54) is 0 Å². The summed E-state index contributed by atoms with van der Waals surface area (Å²) in [7, 11) is 0. The molecule has 0 unspecified atom stereocenters. The number of carboxylic acid groups (broad SMARTS) is 1. The Morgan fingerprint density at radius 1 is 1.29 bits per heavy atom. The molecule has 96 valence electrons. The normalized spacial score (nSPS) is 29.8. The Labute approximate surface area is 102 Å². The zero-order valence-corrected chi connectivity index (χ0v) is 10.8. The van der Waals surface area contributed by atoms with Crippen LogP contribution in [-0.4, -0.2) is 34.5 Å². The zero-order chi connectivity index (χ0) is 12.8. The van der Waals surface area contributed by atoms with Crippen molar-refractivity contribution in [2.24, 2.45) is 17.3 Å². The smallest absolute Gasteiger partial charge is 0.307 e. The molecule has 4 heteroatoms. The molecule has 0 spiro atoms. The predicted octanol–water partition coefficient (Wildman–Crippen LogP) is 1.74. The molecule has 1 N–H and O–H groups in total. The van der Waals surface area contributed by atoms with Crippen LogP contribution in [-0.2, 0) is 9.59 Å². The number of carbonyl (C=O) groups excluding carboxylic acids is 1. The largest absolute Gasteiger partial charge is 0.481 e. The summed E-state index contributed by atoms with van der Waals surface area (Å²) in [4.78, 5) is 25.4. The molecule has 2 fully saturated rings. The molecule has 2 aliphatic carbocycles. The van der Waals surface area contributed by atoms with Crippen LogP contribution in [0.15, 0.2) is 0 Å². The number of nitrogens with zero attached hydrogens (tertiary/aromatic N) is 1. The number of hydrogen-bond acceptors (Lipinski definition) is 2. The standard InChI is InChI=1S/C13H21NO3/c1-4-7-14(8-5-6-8)11(15)9-10(12(16)17)13(9,2)3/h8-10H,4-7H2,1-3H3,(H,16,17)/t9-,10+/m1/s1. The molecule has 2 aliphatic rings. The Kier molecular flexibility index (Phi) is 2.92. The van der Waals surface area contributed by atoms with E-state index in [1.807, 2.05) is 18.7 Å². The van der Waals surface area contributed by atoms with Gasteiger partial charge in [0, 0.05) is 12.6 Å². The number of carboxylic acids is 1. The topological polar surface area (TPSA) is 57.6 Å². The van der Waals surface area contributed by atoms with E-state index in [4.69, 9.17) is 5.11 Å². The Morgan fingerprint density at radius 2 is 1.88 bits per heavy atom. The van der Waals surface area contributed by atoms with Crippen LogP contribution in [0.5, 0.6) is 0 Å². The van der Waals surface area contributed by atoms with Crippen LogP contribution in [0, 0.1) is 17.3 Å². The molecule has 1 amide bonds. The van der Waals surface area contributed by atoms with E-state index in [0.29, 0.717) is 6.04 Å². The first-order valence-corrected chi connectivity index (χ1v) is 6.44. The monoisotopic (exact) mass is 239 g/mol. The molecular formula is C13H21NO3. The lowest BCUT2D eigenvalue weighted by Crippen LogP contribution is -2.36. The minimum Gasteiger partial charge on any atom is -0.481 e. The first-order valence-electron chi connectivity index (χ1n) is 6.44. The van der Waals surface area contributed by atoms with Gasteiger partial charge in [-0.2, -0.15) is 0 Å². The summed E-state index contributed by atoms with van der Waals surface area (Å²) in [6.07, 6.45) is 3.10. The summed E-state index contributed by atoms with van der Waals surface area (Å²) in [5, 5.41) is 9.10. The van der Waals surface area contributed by atoms with Crippen molar-refractivity contribution in [2.75, 3.05) is 6.54 Å². The minimum absolute atomic E-state index is 0.0618. The van der Waals surface area contributed by atoms with Crippen LogP contribution in [0.25, 0.3) is 0 Å². The number of carbonyl (C=O) groups is 2. The second kappa shape index (κ2) is 4.00. The van der Waals surface area contributed by atoms with Crippen molar-refractivity contribution in [1.29, 1.82) is 0 Å². The van der Waals surface area contributed by atoms with E-state index >= 15 is 0 Å². The minimum atomic E-state index is -0.833. The third-order valence-corrected chi connectivity index (χ3v) is 4.09. The Balaban J connectivity index is 2.07. The third kappa shape index (κ3) is 2.05. The fourth-order valence-electron chi connectivity index (χ4n) is 2.84. The predicted molar refractivity (Wildman–Crippen MR) is 63.4 cm³/mol. The molecule has 2 atom stereocenters. The molecule has 0 aromatic carbocycles. The van der Waals surface area contributed by atoms with E-state index in [1.54, 1.807) is 0 Å². The van der Waals surface area contributed by atoms with E-state index in [-0.39, 0.29) is 17.2 Å². The van der Waals surface area contributed by atoms with Crippen molar-refractivity contribution in [2.45, 2.75) is 46.1 Å². The molecule has 0 aliphatic heterocycles. The van der Waals surface area contributed by atoms with Gasteiger partial charge >= 0.3 is 5.97 Å². The molecular weight excluding hydrogens is 218 g/mol. The summed E-state index contributed by atoms with van der Waals surface area (Å²) in [6, 6.07) is 0.383. The van der Waals surface area contributed by atoms with E-state index in [2.05, 4.69) is 6.92 Å².